The first-order valence-electron chi connectivity index (χ1n) is 6.47. The van der Waals surface area contributed by atoms with Gasteiger partial charge in [0.05, 0.1) is 6.61 Å². The molecule has 0 aromatic carbocycles. The van der Waals surface area contributed by atoms with Crippen LogP contribution in [0.1, 0.15) is 24.6 Å². The molecule has 1 unspecified atom stereocenters. The van der Waals surface area contributed by atoms with Crippen LogP contribution in [-0.2, 0) is 11.3 Å². The van der Waals surface area contributed by atoms with Crippen molar-refractivity contribution in [2.45, 2.75) is 19.9 Å². The summed E-state index contributed by atoms with van der Waals surface area (Å²) in [6, 6.07) is 5.93. The van der Waals surface area contributed by atoms with E-state index in [-0.39, 0.29) is 0 Å². The molecule has 4 nitrogen and oxygen atoms in total. The van der Waals surface area contributed by atoms with E-state index >= 15 is 0 Å². The van der Waals surface area contributed by atoms with Crippen LogP contribution in [-0.4, -0.2) is 36.2 Å². The number of ether oxygens (including phenoxy) is 1. The lowest BCUT2D eigenvalue weighted by Crippen LogP contribution is -2.29. The lowest BCUT2D eigenvalue weighted by molar-refractivity contribution is 0.167. The van der Waals surface area contributed by atoms with Gasteiger partial charge in [0.1, 0.15) is 11.8 Å². The van der Waals surface area contributed by atoms with Crippen molar-refractivity contribution in [3.63, 3.8) is 0 Å². The number of nitriles is 1. The number of hydrogen-bond donors (Lipinski definition) is 0. The molecule has 0 N–H and O–H groups in total. The first kappa shape index (κ1) is 13.0. The summed E-state index contributed by atoms with van der Waals surface area (Å²) in [5.41, 5.74) is 1.65. The summed E-state index contributed by atoms with van der Waals surface area (Å²) >= 11 is 0. The van der Waals surface area contributed by atoms with Crippen molar-refractivity contribution in [3.05, 3.63) is 29.6 Å². The zero-order valence-corrected chi connectivity index (χ0v) is 10.8. The van der Waals surface area contributed by atoms with Gasteiger partial charge in [0.15, 0.2) is 0 Å². The lowest BCUT2D eigenvalue weighted by atomic mass is 10.1. The highest BCUT2D eigenvalue weighted by molar-refractivity contribution is 5.25. The minimum Gasteiger partial charge on any atom is -0.381 e. The van der Waals surface area contributed by atoms with Crippen molar-refractivity contribution >= 4 is 0 Å². The zero-order valence-electron chi connectivity index (χ0n) is 10.8. The van der Waals surface area contributed by atoms with Gasteiger partial charge in [-0.3, -0.25) is 4.90 Å². The molecular weight excluding hydrogens is 226 g/mol. The van der Waals surface area contributed by atoms with Gasteiger partial charge in [-0.15, -0.1) is 0 Å². The molecule has 0 bridgehead atoms. The quantitative estimate of drug-likeness (QED) is 0.794. The molecule has 1 saturated heterocycles. The van der Waals surface area contributed by atoms with E-state index in [2.05, 4.69) is 22.9 Å². The Hall–Kier alpha value is -1.44. The van der Waals surface area contributed by atoms with Gasteiger partial charge in [-0.25, -0.2) is 4.98 Å². The Morgan fingerprint density at radius 1 is 1.61 bits per heavy atom. The van der Waals surface area contributed by atoms with Crippen molar-refractivity contribution in [1.82, 2.24) is 9.88 Å². The standard InChI is InChI=1S/C14H19N3O/c1-2-17(10-13-4-6-18-11-13)9-12-3-5-16-14(7-12)8-15/h3,5,7,13H,2,4,6,9-11H2,1H3. The predicted molar refractivity (Wildman–Crippen MR) is 68.8 cm³/mol. The predicted octanol–water partition coefficient (Wildman–Crippen LogP) is 1.81. The Balaban J connectivity index is 1.94. The Kier molecular flexibility index (Phi) is 4.68. The highest BCUT2D eigenvalue weighted by Gasteiger charge is 2.18. The van der Waals surface area contributed by atoms with Gasteiger partial charge in [-0.2, -0.15) is 5.26 Å². The fourth-order valence-corrected chi connectivity index (χ4v) is 2.29. The first-order chi connectivity index (χ1) is 8.81. The molecule has 18 heavy (non-hydrogen) atoms. The van der Waals surface area contributed by atoms with Gasteiger partial charge >= 0.3 is 0 Å². The van der Waals surface area contributed by atoms with Crippen molar-refractivity contribution in [2.24, 2.45) is 5.92 Å². The van der Waals surface area contributed by atoms with Crippen molar-refractivity contribution in [2.75, 3.05) is 26.3 Å². The van der Waals surface area contributed by atoms with Crippen LogP contribution in [0.4, 0.5) is 0 Å². The Bertz CT molecular complexity index is 421. The summed E-state index contributed by atoms with van der Waals surface area (Å²) in [7, 11) is 0. The van der Waals surface area contributed by atoms with Gasteiger partial charge < -0.3 is 4.74 Å². The average Bonchev–Trinajstić information content (AvgIpc) is 2.91. The maximum Gasteiger partial charge on any atom is 0.140 e. The summed E-state index contributed by atoms with van der Waals surface area (Å²) in [6.07, 6.45) is 2.87. The van der Waals surface area contributed by atoms with Crippen molar-refractivity contribution < 1.29 is 4.74 Å². The number of aromatic nitrogens is 1. The summed E-state index contributed by atoms with van der Waals surface area (Å²) in [5.74, 6) is 0.655. The molecular formula is C14H19N3O. The third kappa shape index (κ3) is 3.52. The molecule has 1 fully saturated rings. The third-order valence-corrected chi connectivity index (χ3v) is 3.33. The molecule has 2 rings (SSSR count). The van der Waals surface area contributed by atoms with Gasteiger partial charge in [-0.05, 0) is 36.6 Å². The highest BCUT2D eigenvalue weighted by atomic mass is 16.5. The van der Waals surface area contributed by atoms with Crippen LogP contribution >= 0.6 is 0 Å². The van der Waals surface area contributed by atoms with E-state index in [1.807, 2.05) is 12.1 Å². The Morgan fingerprint density at radius 2 is 2.50 bits per heavy atom. The van der Waals surface area contributed by atoms with Crippen LogP contribution in [0.5, 0.6) is 0 Å². The average molecular weight is 245 g/mol. The highest BCUT2D eigenvalue weighted by Crippen LogP contribution is 2.15. The van der Waals surface area contributed by atoms with Crippen LogP contribution in [0.2, 0.25) is 0 Å². The molecule has 0 aliphatic carbocycles. The minimum atomic E-state index is 0.493. The zero-order chi connectivity index (χ0) is 12.8. The molecule has 4 heteroatoms. The summed E-state index contributed by atoms with van der Waals surface area (Å²) < 4.78 is 5.41. The largest absolute Gasteiger partial charge is 0.381 e. The smallest absolute Gasteiger partial charge is 0.140 e. The normalized spacial score (nSPS) is 19.1. The van der Waals surface area contributed by atoms with E-state index in [9.17, 15) is 0 Å². The lowest BCUT2D eigenvalue weighted by Gasteiger charge is -2.23. The molecule has 2 heterocycles. The molecule has 96 valence electrons. The van der Waals surface area contributed by atoms with E-state index in [1.165, 1.54) is 0 Å². The van der Waals surface area contributed by atoms with Crippen LogP contribution in [0.25, 0.3) is 0 Å². The fraction of sp³-hybridized carbons (Fsp3) is 0.571. The summed E-state index contributed by atoms with van der Waals surface area (Å²) in [6.45, 7) is 6.92. The molecule has 1 aliphatic heterocycles. The molecule has 1 aliphatic rings. The molecule has 0 saturated carbocycles. The Labute approximate surface area is 108 Å². The van der Waals surface area contributed by atoms with E-state index in [0.717, 1.165) is 44.8 Å². The molecule has 0 amide bonds. The number of pyridine rings is 1. The molecule has 1 aromatic rings. The molecule has 1 atom stereocenters. The van der Waals surface area contributed by atoms with Crippen LogP contribution in [0.3, 0.4) is 0 Å². The topological polar surface area (TPSA) is 49.2 Å². The maximum atomic E-state index is 8.84. The van der Waals surface area contributed by atoms with Gasteiger partial charge in [0.2, 0.25) is 0 Å². The SMILES string of the molecule is CCN(Cc1ccnc(C#N)c1)CC1CCOC1. The van der Waals surface area contributed by atoms with E-state index < -0.39 is 0 Å². The second kappa shape index (κ2) is 6.48. The van der Waals surface area contributed by atoms with Crippen LogP contribution in [0.15, 0.2) is 18.3 Å². The molecule has 0 radical (unpaired) electrons. The van der Waals surface area contributed by atoms with E-state index in [4.69, 9.17) is 10.00 Å². The van der Waals surface area contributed by atoms with Crippen LogP contribution in [0, 0.1) is 17.2 Å². The number of hydrogen-bond acceptors (Lipinski definition) is 4. The number of rotatable bonds is 5. The fourth-order valence-electron chi connectivity index (χ4n) is 2.29. The third-order valence-electron chi connectivity index (χ3n) is 3.33. The second-order valence-corrected chi connectivity index (χ2v) is 4.72. The van der Waals surface area contributed by atoms with Gasteiger partial charge in [0.25, 0.3) is 0 Å². The molecule has 1 aromatic heterocycles. The van der Waals surface area contributed by atoms with Crippen molar-refractivity contribution in [3.8, 4) is 6.07 Å². The summed E-state index contributed by atoms with van der Waals surface area (Å²) in [5, 5.41) is 8.84. The number of nitrogens with zero attached hydrogens (tertiary/aromatic N) is 3. The van der Waals surface area contributed by atoms with Crippen LogP contribution < -0.4 is 0 Å². The summed E-state index contributed by atoms with van der Waals surface area (Å²) in [4.78, 5) is 6.39. The van der Waals surface area contributed by atoms with Crippen molar-refractivity contribution in [1.29, 1.82) is 5.26 Å². The van der Waals surface area contributed by atoms with Gasteiger partial charge in [0, 0.05) is 25.9 Å². The Morgan fingerprint density at radius 3 is 3.17 bits per heavy atom. The molecule has 0 spiro atoms. The second-order valence-electron chi connectivity index (χ2n) is 4.72. The first-order valence-corrected chi connectivity index (χ1v) is 6.47. The van der Waals surface area contributed by atoms with E-state index in [0.29, 0.717) is 11.6 Å². The minimum absolute atomic E-state index is 0.493. The monoisotopic (exact) mass is 245 g/mol. The van der Waals surface area contributed by atoms with Gasteiger partial charge in [-0.1, -0.05) is 6.92 Å². The van der Waals surface area contributed by atoms with E-state index in [1.54, 1.807) is 6.20 Å². The maximum absolute atomic E-state index is 8.84.